The molecule has 0 N–H and O–H groups in total. The number of nitrogens with zero attached hydrogens (tertiary/aromatic N) is 2. The number of thioether (sulfide) groups is 1. The van der Waals surface area contributed by atoms with Crippen molar-refractivity contribution in [2.24, 2.45) is 4.99 Å². The summed E-state index contributed by atoms with van der Waals surface area (Å²) >= 11 is 3.51. The molecule has 0 bridgehead atoms. The van der Waals surface area contributed by atoms with Crippen LogP contribution in [0.25, 0.3) is 6.08 Å². The number of hydrogen-bond acceptors (Lipinski definition) is 5. The lowest BCUT2D eigenvalue weighted by atomic mass is 10.1. The largest absolute Gasteiger partial charge is 0.493 e. The number of likely N-dealkylation sites (N-methyl/N-ethyl adjacent to an activating group) is 1. The van der Waals surface area contributed by atoms with Crippen molar-refractivity contribution in [3.63, 3.8) is 0 Å². The smallest absolute Gasteiger partial charge is 0.266 e. The summed E-state index contributed by atoms with van der Waals surface area (Å²) in [5.74, 6) is 0.799. The molecule has 1 aliphatic rings. The Morgan fingerprint density at radius 1 is 1.29 bits per heavy atom. The molecule has 2 aromatic carbocycles. The molecule has 0 spiro atoms. The molecule has 0 radical (unpaired) electrons. The van der Waals surface area contributed by atoms with Gasteiger partial charge < -0.3 is 9.47 Å². The zero-order chi connectivity index (χ0) is 20.3. The standard InChI is InChI=1S/C20H18FIN2O3S/c1-23-20-24(2)19(25)17(28-20)10-13-8-15(22)18(16(9-13)26-3)27-11-12-4-6-14(21)7-5-12/h4-10H,11H2,1-3H3/b17-10-,23-20?. The topological polar surface area (TPSA) is 51.1 Å². The molecule has 2 aromatic rings. The maximum atomic E-state index is 13.0. The summed E-state index contributed by atoms with van der Waals surface area (Å²) in [7, 11) is 4.93. The van der Waals surface area contributed by atoms with Crippen LogP contribution in [0.3, 0.4) is 0 Å². The average Bonchev–Trinajstić information content (AvgIpc) is 2.96. The first kappa shape index (κ1) is 20.7. The number of amides is 1. The molecule has 5 nitrogen and oxygen atoms in total. The predicted octanol–water partition coefficient (Wildman–Crippen LogP) is 4.55. The molecule has 146 valence electrons. The van der Waals surface area contributed by atoms with Crippen LogP contribution in [0.2, 0.25) is 0 Å². The molecule has 1 saturated heterocycles. The number of rotatable bonds is 5. The maximum absolute atomic E-state index is 13.0. The number of ether oxygens (including phenoxy) is 2. The highest BCUT2D eigenvalue weighted by Gasteiger charge is 2.29. The highest BCUT2D eigenvalue weighted by Crippen LogP contribution is 2.37. The predicted molar refractivity (Wildman–Crippen MR) is 118 cm³/mol. The zero-order valence-electron chi connectivity index (χ0n) is 15.5. The van der Waals surface area contributed by atoms with Gasteiger partial charge in [0.05, 0.1) is 15.6 Å². The van der Waals surface area contributed by atoms with E-state index in [1.165, 1.54) is 28.8 Å². The molecule has 28 heavy (non-hydrogen) atoms. The van der Waals surface area contributed by atoms with Gasteiger partial charge in [-0.05, 0) is 75.8 Å². The van der Waals surface area contributed by atoms with Crippen LogP contribution in [0.4, 0.5) is 4.39 Å². The van der Waals surface area contributed by atoms with Crippen LogP contribution in [0, 0.1) is 9.39 Å². The summed E-state index contributed by atoms with van der Waals surface area (Å²) in [6, 6.07) is 9.91. The molecule has 8 heteroatoms. The Labute approximate surface area is 180 Å². The van der Waals surface area contributed by atoms with Crippen molar-refractivity contribution < 1.29 is 18.7 Å². The summed E-state index contributed by atoms with van der Waals surface area (Å²) in [6.45, 7) is 0.294. The van der Waals surface area contributed by atoms with Gasteiger partial charge in [0, 0.05) is 14.1 Å². The summed E-state index contributed by atoms with van der Waals surface area (Å²) in [5.41, 5.74) is 1.69. The van der Waals surface area contributed by atoms with Crippen LogP contribution in [0.5, 0.6) is 11.5 Å². The second-order valence-electron chi connectivity index (χ2n) is 5.93. The maximum Gasteiger partial charge on any atom is 0.266 e. The molecule has 1 aliphatic heterocycles. The molecule has 0 aromatic heterocycles. The number of benzene rings is 2. The third-order valence-electron chi connectivity index (χ3n) is 4.04. The second-order valence-corrected chi connectivity index (χ2v) is 8.10. The quantitative estimate of drug-likeness (QED) is 0.436. The van der Waals surface area contributed by atoms with Gasteiger partial charge in [-0.25, -0.2) is 4.39 Å². The lowest BCUT2D eigenvalue weighted by Crippen LogP contribution is -2.23. The minimum absolute atomic E-state index is 0.0868. The number of hydrogen-bond donors (Lipinski definition) is 0. The third kappa shape index (κ3) is 4.49. The van der Waals surface area contributed by atoms with E-state index >= 15 is 0 Å². The van der Waals surface area contributed by atoms with Gasteiger partial charge in [0.1, 0.15) is 12.4 Å². The summed E-state index contributed by atoms with van der Waals surface area (Å²) in [6.07, 6.45) is 1.82. The highest BCUT2D eigenvalue weighted by molar-refractivity contribution is 14.1. The van der Waals surface area contributed by atoms with Gasteiger partial charge in [-0.15, -0.1) is 0 Å². The first-order chi connectivity index (χ1) is 13.4. The molecule has 0 aliphatic carbocycles. The van der Waals surface area contributed by atoms with Gasteiger partial charge >= 0.3 is 0 Å². The van der Waals surface area contributed by atoms with E-state index in [9.17, 15) is 9.18 Å². The first-order valence-electron chi connectivity index (χ1n) is 8.32. The molecular weight excluding hydrogens is 494 g/mol. The van der Waals surface area contributed by atoms with Gasteiger partial charge in [-0.3, -0.25) is 14.7 Å². The van der Waals surface area contributed by atoms with Crippen LogP contribution >= 0.6 is 34.4 Å². The number of carbonyl (C=O) groups excluding carboxylic acids is 1. The second kappa shape index (κ2) is 8.95. The number of amidine groups is 1. The van der Waals surface area contributed by atoms with E-state index in [-0.39, 0.29) is 11.7 Å². The Bertz CT molecular complexity index is 961. The minimum atomic E-state index is -0.283. The van der Waals surface area contributed by atoms with Crippen LogP contribution in [0.1, 0.15) is 11.1 Å². The van der Waals surface area contributed by atoms with E-state index in [4.69, 9.17) is 9.47 Å². The highest BCUT2D eigenvalue weighted by atomic mass is 127. The number of carbonyl (C=O) groups is 1. The van der Waals surface area contributed by atoms with Gasteiger partial charge in [0.25, 0.3) is 5.91 Å². The van der Waals surface area contributed by atoms with Crippen LogP contribution < -0.4 is 9.47 Å². The Kier molecular flexibility index (Phi) is 6.61. The summed E-state index contributed by atoms with van der Waals surface area (Å²) in [4.78, 5) is 18.6. The van der Waals surface area contributed by atoms with E-state index in [2.05, 4.69) is 27.6 Å². The molecule has 0 unspecified atom stereocenters. The Morgan fingerprint density at radius 2 is 2.00 bits per heavy atom. The van der Waals surface area contributed by atoms with Crippen LogP contribution in [-0.4, -0.2) is 37.2 Å². The minimum Gasteiger partial charge on any atom is -0.493 e. The van der Waals surface area contributed by atoms with Crippen LogP contribution in [0.15, 0.2) is 46.3 Å². The Hall–Kier alpha value is -2.07. The van der Waals surface area contributed by atoms with Crippen molar-refractivity contribution >= 4 is 51.5 Å². The fraction of sp³-hybridized carbons (Fsp3) is 0.200. The van der Waals surface area contributed by atoms with Crippen molar-refractivity contribution in [2.45, 2.75) is 6.61 Å². The molecular formula is C20H18FIN2O3S. The SMILES string of the molecule is CN=C1S/C(=C\c2cc(I)c(OCc3ccc(F)cc3)c(OC)c2)C(=O)N1C. The van der Waals surface area contributed by atoms with Crippen molar-refractivity contribution in [3.05, 3.63) is 61.8 Å². The Balaban J connectivity index is 1.84. The summed E-state index contributed by atoms with van der Waals surface area (Å²) in [5, 5.41) is 0.664. The van der Waals surface area contributed by atoms with E-state index in [1.807, 2.05) is 18.2 Å². The normalized spacial score (nSPS) is 16.9. The molecule has 3 rings (SSSR count). The van der Waals surface area contributed by atoms with E-state index in [1.54, 1.807) is 33.3 Å². The van der Waals surface area contributed by atoms with E-state index in [0.717, 1.165) is 14.7 Å². The van der Waals surface area contributed by atoms with Crippen molar-refractivity contribution in [1.82, 2.24) is 4.90 Å². The lowest BCUT2D eigenvalue weighted by molar-refractivity contribution is -0.121. The molecule has 0 atom stereocenters. The zero-order valence-corrected chi connectivity index (χ0v) is 18.5. The van der Waals surface area contributed by atoms with Gasteiger partial charge in [-0.2, -0.15) is 0 Å². The monoisotopic (exact) mass is 512 g/mol. The summed E-state index contributed by atoms with van der Waals surface area (Å²) < 4.78 is 25.3. The lowest BCUT2D eigenvalue weighted by Gasteiger charge is -2.14. The van der Waals surface area contributed by atoms with Crippen LogP contribution in [-0.2, 0) is 11.4 Å². The van der Waals surface area contributed by atoms with Gasteiger partial charge in [-0.1, -0.05) is 12.1 Å². The third-order valence-corrected chi connectivity index (χ3v) is 5.99. The number of halogens is 2. The molecule has 0 saturated carbocycles. The van der Waals surface area contributed by atoms with Gasteiger partial charge in [0.15, 0.2) is 16.7 Å². The van der Waals surface area contributed by atoms with Crippen molar-refractivity contribution in [1.29, 1.82) is 0 Å². The number of methoxy groups -OCH3 is 1. The molecule has 1 amide bonds. The molecule has 1 heterocycles. The number of aliphatic imine (C=N–C) groups is 1. The fourth-order valence-electron chi connectivity index (χ4n) is 2.60. The van der Waals surface area contributed by atoms with E-state index in [0.29, 0.717) is 28.2 Å². The van der Waals surface area contributed by atoms with Gasteiger partial charge in [0.2, 0.25) is 0 Å². The van der Waals surface area contributed by atoms with Crippen molar-refractivity contribution in [3.8, 4) is 11.5 Å². The fourth-order valence-corrected chi connectivity index (χ4v) is 4.31. The average molecular weight is 512 g/mol. The first-order valence-corrected chi connectivity index (χ1v) is 10.2. The Morgan fingerprint density at radius 3 is 2.61 bits per heavy atom. The molecule has 1 fully saturated rings. The van der Waals surface area contributed by atoms with Crippen molar-refractivity contribution in [2.75, 3.05) is 21.2 Å². The van der Waals surface area contributed by atoms with E-state index < -0.39 is 0 Å².